The minimum atomic E-state index is -0.0129. The fourth-order valence-electron chi connectivity index (χ4n) is 3.16. The van der Waals surface area contributed by atoms with Crippen LogP contribution >= 0.6 is 0 Å². The van der Waals surface area contributed by atoms with Crippen molar-refractivity contribution in [2.45, 2.75) is 46.6 Å². The van der Waals surface area contributed by atoms with Gasteiger partial charge < -0.3 is 14.8 Å². The van der Waals surface area contributed by atoms with Gasteiger partial charge in [-0.05, 0) is 61.2 Å². The lowest BCUT2D eigenvalue weighted by atomic mass is 9.99. The number of rotatable bonds is 11. The van der Waals surface area contributed by atoms with E-state index in [9.17, 15) is 4.79 Å². The Morgan fingerprint density at radius 1 is 1.07 bits per heavy atom. The molecule has 0 heterocycles. The summed E-state index contributed by atoms with van der Waals surface area (Å²) in [7, 11) is 1.64. The third-order valence-electron chi connectivity index (χ3n) is 5.12. The van der Waals surface area contributed by atoms with Crippen molar-refractivity contribution in [3.8, 4) is 11.5 Å². The van der Waals surface area contributed by atoms with Gasteiger partial charge >= 0.3 is 0 Å². The summed E-state index contributed by atoms with van der Waals surface area (Å²) < 4.78 is 11.0. The number of benzene rings is 2. The molecule has 0 spiro atoms. The van der Waals surface area contributed by atoms with Crippen LogP contribution in [0.4, 0.5) is 5.69 Å². The van der Waals surface area contributed by atoms with Gasteiger partial charge in [-0.3, -0.25) is 9.69 Å². The summed E-state index contributed by atoms with van der Waals surface area (Å²) >= 11 is 0. The lowest BCUT2D eigenvalue weighted by molar-refractivity contribution is -0.117. The zero-order valence-corrected chi connectivity index (χ0v) is 18.3. The van der Waals surface area contributed by atoms with Gasteiger partial charge in [0.2, 0.25) is 5.91 Å². The van der Waals surface area contributed by atoms with E-state index in [0.717, 1.165) is 30.0 Å². The number of carbonyl (C=O) groups excluding carboxylic acids is 1. The van der Waals surface area contributed by atoms with Crippen molar-refractivity contribution in [3.63, 3.8) is 0 Å². The Morgan fingerprint density at radius 3 is 2.38 bits per heavy atom. The third-order valence-corrected chi connectivity index (χ3v) is 5.12. The Bertz CT molecular complexity index is 774. The van der Waals surface area contributed by atoms with Gasteiger partial charge in [-0.2, -0.15) is 0 Å². The smallest absolute Gasteiger partial charge is 0.238 e. The molecule has 0 saturated heterocycles. The fourth-order valence-corrected chi connectivity index (χ4v) is 3.16. The highest BCUT2D eigenvalue weighted by molar-refractivity contribution is 5.92. The van der Waals surface area contributed by atoms with Crippen LogP contribution in [0.1, 0.15) is 51.2 Å². The van der Waals surface area contributed by atoms with Gasteiger partial charge in [0, 0.05) is 12.2 Å². The molecule has 158 valence electrons. The van der Waals surface area contributed by atoms with Crippen LogP contribution in [0.3, 0.4) is 0 Å². The summed E-state index contributed by atoms with van der Waals surface area (Å²) in [5.41, 5.74) is 3.21. The summed E-state index contributed by atoms with van der Waals surface area (Å²) in [6.07, 6.45) is 1.10. The monoisotopic (exact) mass is 398 g/mol. The van der Waals surface area contributed by atoms with Crippen molar-refractivity contribution < 1.29 is 14.3 Å². The standard InChI is InChI=1S/C24H34N2O3/c1-6-18(4)20-10-12-21(13-11-20)25-24(27)17-26(7-2)16-19-9-14-22(29-8-3)23(15-19)28-5/h9-15,18H,6-8,16-17H2,1-5H3,(H,25,27). The van der Waals surface area contributed by atoms with Crippen molar-refractivity contribution in [1.29, 1.82) is 0 Å². The normalized spacial score (nSPS) is 11.9. The molecule has 1 amide bonds. The van der Waals surface area contributed by atoms with E-state index in [1.54, 1.807) is 7.11 Å². The van der Waals surface area contributed by atoms with Crippen LogP contribution in [-0.4, -0.2) is 37.6 Å². The molecule has 1 unspecified atom stereocenters. The quantitative estimate of drug-likeness (QED) is 0.574. The Hall–Kier alpha value is -2.53. The van der Waals surface area contributed by atoms with E-state index >= 15 is 0 Å². The molecule has 5 nitrogen and oxygen atoms in total. The molecule has 0 aliphatic heterocycles. The van der Waals surface area contributed by atoms with Gasteiger partial charge in [-0.1, -0.05) is 39.0 Å². The fraction of sp³-hybridized carbons (Fsp3) is 0.458. The van der Waals surface area contributed by atoms with Crippen molar-refractivity contribution in [2.24, 2.45) is 0 Å². The van der Waals surface area contributed by atoms with Gasteiger partial charge in [0.25, 0.3) is 0 Å². The van der Waals surface area contributed by atoms with Crippen LogP contribution in [-0.2, 0) is 11.3 Å². The minimum absolute atomic E-state index is 0.0129. The molecule has 0 saturated carbocycles. The molecule has 0 aromatic heterocycles. The van der Waals surface area contributed by atoms with Crippen molar-refractivity contribution in [1.82, 2.24) is 4.90 Å². The molecular weight excluding hydrogens is 364 g/mol. The predicted molar refractivity (Wildman–Crippen MR) is 119 cm³/mol. The number of hydrogen-bond acceptors (Lipinski definition) is 4. The third kappa shape index (κ3) is 6.79. The Kier molecular flexibility index (Phi) is 9.00. The molecule has 0 bridgehead atoms. The molecule has 0 aliphatic rings. The van der Waals surface area contributed by atoms with Crippen LogP contribution in [0, 0.1) is 0 Å². The summed E-state index contributed by atoms with van der Waals surface area (Å²) in [5, 5.41) is 3.00. The van der Waals surface area contributed by atoms with Crippen molar-refractivity contribution >= 4 is 11.6 Å². The second kappa shape index (κ2) is 11.5. The molecular formula is C24H34N2O3. The summed E-state index contributed by atoms with van der Waals surface area (Å²) in [4.78, 5) is 14.6. The zero-order valence-electron chi connectivity index (χ0n) is 18.3. The number of nitrogens with zero attached hydrogens (tertiary/aromatic N) is 1. The SMILES string of the molecule is CCOc1ccc(CN(CC)CC(=O)Nc2ccc(C(C)CC)cc2)cc1OC. The van der Waals surface area contributed by atoms with Gasteiger partial charge in [-0.25, -0.2) is 0 Å². The number of likely N-dealkylation sites (N-methyl/N-ethyl adjacent to an activating group) is 1. The zero-order chi connectivity index (χ0) is 21.2. The topological polar surface area (TPSA) is 50.8 Å². The molecule has 2 aromatic rings. The Morgan fingerprint density at radius 2 is 1.79 bits per heavy atom. The van der Waals surface area contributed by atoms with Crippen LogP contribution in [0.25, 0.3) is 0 Å². The lowest BCUT2D eigenvalue weighted by Gasteiger charge is -2.21. The highest BCUT2D eigenvalue weighted by Gasteiger charge is 2.12. The van der Waals surface area contributed by atoms with Gasteiger partial charge in [-0.15, -0.1) is 0 Å². The predicted octanol–water partition coefficient (Wildman–Crippen LogP) is 5.07. The highest BCUT2D eigenvalue weighted by atomic mass is 16.5. The first-order valence-corrected chi connectivity index (χ1v) is 10.4. The number of methoxy groups -OCH3 is 1. The average molecular weight is 399 g/mol. The average Bonchev–Trinajstić information content (AvgIpc) is 2.74. The minimum Gasteiger partial charge on any atom is -0.493 e. The van der Waals surface area contributed by atoms with Crippen LogP contribution in [0.5, 0.6) is 11.5 Å². The van der Waals surface area contributed by atoms with E-state index in [1.165, 1.54) is 5.56 Å². The van der Waals surface area contributed by atoms with Crippen molar-refractivity contribution in [3.05, 3.63) is 53.6 Å². The van der Waals surface area contributed by atoms with E-state index in [4.69, 9.17) is 9.47 Å². The summed E-state index contributed by atoms with van der Waals surface area (Å²) in [5.74, 6) is 1.97. The van der Waals surface area contributed by atoms with E-state index < -0.39 is 0 Å². The lowest BCUT2D eigenvalue weighted by Crippen LogP contribution is -2.32. The Balaban J connectivity index is 1.96. The highest BCUT2D eigenvalue weighted by Crippen LogP contribution is 2.28. The molecule has 0 aliphatic carbocycles. The molecule has 1 atom stereocenters. The molecule has 1 N–H and O–H groups in total. The maximum Gasteiger partial charge on any atom is 0.238 e. The molecule has 2 rings (SSSR count). The number of carbonyl (C=O) groups is 1. The maximum absolute atomic E-state index is 12.5. The first-order chi connectivity index (χ1) is 14.0. The van der Waals surface area contributed by atoms with Gasteiger partial charge in [0.15, 0.2) is 11.5 Å². The summed E-state index contributed by atoms with van der Waals surface area (Å²) in [6.45, 7) is 10.8. The number of hydrogen-bond donors (Lipinski definition) is 1. The maximum atomic E-state index is 12.5. The second-order valence-electron chi connectivity index (χ2n) is 7.20. The number of nitrogens with one attached hydrogen (secondary N) is 1. The summed E-state index contributed by atoms with van der Waals surface area (Å²) in [6, 6.07) is 14.0. The second-order valence-corrected chi connectivity index (χ2v) is 7.20. The first-order valence-electron chi connectivity index (χ1n) is 10.4. The van der Waals surface area contributed by atoms with E-state index in [1.807, 2.05) is 37.3 Å². The molecule has 5 heteroatoms. The van der Waals surface area contributed by atoms with Gasteiger partial charge in [0.1, 0.15) is 0 Å². The van der Waals surface area contributed by atoms with Crippen LogP contribution < -0.4 is 14.8 Å². The first kappa shape index (κ1) is 22.8. The van der Waals surface area contributed by atoms with Crippen molar-refractivity contribution in [2.75, 3.05) is 32.1 Å². The molecule has 0 fully saturated rings. The molecule has 29 heavy (non-hydrogen) atoms. The van der Waals surface area contributed by atoms with E-state index in [-0.39, 0.29) is 5.91 Å². The van der Waals surface area contributed by atoms with Crippen LogP contribution in [0.2, 0.25) is 0 Å². The molecule has 0 radical (unpaired) electrons. The van der Waals surface area contributed by atoms with Gasteiger partial charge in [0.05, 0.1) is 20.3 Å². The largest absolute Gasteiger partial charge is 0.493 e. The number of ether oxygens (including phenoxy) is 2. The van der Waals surface area contributed by atoms with E-state index in [2.05, 4.69) is 43.1 Å². The van der Waals surface area contributed by atoms with Crippen LogP contribution in [0.15, 0.2) is 42.5 Å². The van der Waals surface area contributed by atoms with E-state index in [0.29, 0.717) is 31.4 Å². The Labute approximate surface area is 175 Å². The number of anilines is 1. The number of amides is 1. The molecule has 2 aromatic carbocycles.